The summed E-state index contributed by atoms with van der Waals surface area (Å²) in [6, 6.07) is 7.96. The van der Waals surface area contributed by atoms with E-state index in [1.807, 2.05) is 30.3 Å². The van der Waals surface area contributed by atoms with E-state index in [2.05, 4.69) is 15.0 Å². The summed E-state index contributed by atoms with van der Waals surface area (Å²) >= 11 is 1.58. The maximum atomic E-state index is 11.0. The molecule has 0 amide bonds. The zero-order valence-corrected chi connectivity index (χ0v) is 12.2. The van der Waals surface area contributed by atoms with Crippen LogP contribution in [0.1, 0.15) is 6.42 Å². The van der Waals surface area contributed by atoms with Gasteiger partial charge in [-0.1, -0.05) is 18.2 Å². The second-order valence-corrected chi connectivity index (χ2v) is 5.97. The van der Waals surface area contributed by atoms with Crippen molar-refractivity contribution in [2.24, 2.45) is 0 Å². The average Bonchev–Trinajstić information content (AvgIpc) is 3.06. The van der Waals surface area contributed by atoms with Crippen molar-refractivity contribution in [1.29, 1.82) is 0 Å². The van der Waals surface area contributed by atoms with Gasteiger partial charge in [0.15, 0.2) is 10.8 Å². The van der Waals surface area contributed by atoms with E-state index in [-0.39, 0.29) is 0 Å². The van der Waals surface area contributed by atoms with Gasteiger partial charge in [-0.05, 0) is 30.7 Å². The molecule has 0 atom stereocenters. The molecular weight excluding hydrogens is 298 g/mol. The summed E-state index contributed by atoms with van der Waals surface area (Å²) in [6.45, 7) is 0. The molecule has 5 nitrogen and oxygen atoms in total. The lowest BCUT2D eigenvalue weighted by Gasteiger charge is -1.92. The Balaban J connectivity index is 1.83. The molecule has 2 heterocycles. The predicted octanol–water partition coefficient (Wildman–Crippen LogP) is 1.66. The smallest absolute Gasteiger partial charge is 0.331 e. The molecule has 2 aromatic heterocycles. The van der Waals surface area contributed by atoms with Crippen LogP contribution in [0.2, 0.25) is 0 Å². The van der Waals surface area contributed by atoms with E-state index in [4.69, 9.17) is 5.11 Å². The molecule has 1 aliphatic carbocycles. The lowest BCUT2D eigenvalue weighted by molar-refractivity contribution is -0.132. The number of aromatic nitrogens is 3. The third-order valence-corrected chi connectivity index (χ3v) is 4.54. The van der Waals surface area contributed by atoms with Crippen LogP contribution in [0, 0.1) is 0 Å². The molecule has 4 rings (SSSR count). The average molecular weight is 309 g/mol. The minimum atomic E-state index is -0.899. The minimum Gasteiger partial charge on any atom is -0.478 e. The molecule has 0 saturated heterocycles. The summed E-state index contributed by atoms with van der Waals surface area (Å²) in [7, 11) is 0. The zero-order valence-electron chi connectivity index (χ0n) is 11.4. The van der Waals surface area contributed by atoms with Gasteiger partial charge in [-0.3, -0.25) is 0 Å². The molecule has 22 heavy (non-hydrogen) atoms. The first-order valence-electron chi connectivity index (χ1n) is 6.77. The molecule has 2 N–H and O–H groups in total. The Morgan fingerprint density at radius 2 is 2.09 bits per heavy atom. The van der Waals surface area contributed by atoms with Crippen LogP contribution in [-0.4, -0.2) is 26.0 Å². The molecule has 0 radical (unpaired) electrons. The molecule has 0 fully saturated rings. The zero-order chi connectivity index (χ0) is 15.1. The normalized spacial score (nSPS) is 13.7. The fourth-order valence-electron chi connectivity index (χ4n) is 2.37. The number of aliphatic carboxylic acids is 1. The number of allylic oxidation sites excluding steroid dienone is 1. The molecule has 0 unspecified atom stereocenters. The van der Waals surface area contributed by atoms with Gasteiger partial charge in [-0.2, -0.15) is 0 Å². The second kappa shape index (κ2) is 4.92. The topological polar surface area (TPSA) is 78.9 Å². The first-order valence-corrected chi connectivity index (χ1v) is 7.59. The van der Waals surface area contributed by atoms with E-state index in [9.17, 15) is 4.79 Å². The molecule has 1 aromatic carbocycles. The first-order chi connectivity index (χ1) is 10.7. The highest BCUT2D eigenvalue weighted by Gasteiger charge is 2.11. The van der Waals surface area contributed by atoms with Crippen molar-refractivity contribution in [3.8, 4) is 10.8 Å². The Kier molecular flexibility index (Phi) is 2.90. The van der Waals surface area contributed by atoms with E-state index in [0.717, 1.165) is 25.9 Å². The van der Waals surface area contributed by atoms with E-state index in [1.54, 1.807) is 23.5 Å². The summed E-state index contributed by atoms with van der Waals surface area (Å²) < 4.78 is 1.12. The van der Waals surface area contributed by atoms with E-state index >= 15 is 0 Å². The van der Waals surface area contributed by atoms with Crippen LogP contribution in [-0.2, 0) is 4.79 Å². The Labute approximate surface area is 129 Å². The van der Waals surface area contributed by atoms with Crippen molar-refractivity contribution < 1.29 is 9.90 Å². The third kappa shape index (κ3) is 2.14. The number of hydrogen-bond acceptors (Lipinski definition) is 4. The quantitative estimate of drug-likeness (QED) is 0.754. The van der Waals surface area contributed by atoms with Gasteiger partial charge in [0.2, 0.25) is 0 Å². The number of carboxylic acid groups (broad SMARTS) is 1. The summed E-state index contributed by atoms with van der Waals surface area (Å²) in [6.07, 6.45) is 5.56. The van der Waals surface area contributed by atoms with Crippen LogP contribution in [0.25, 0.3) is 33.2 Å². The Morgan fingerprint density at radius 3 is 2.91 bits per heavy atom. The van der Waals surface area contributed by atoms with Crippen molar-refractivity contribution >= 4 is 39.7 Å². The molecule has 108 valence electrons. The van der Waals surface area contributed by atoms with E-state index in [1.165, 1.54) is 0 Å². The van der Waals surface area contributed by atoms with Crippen LogP contribution in [0.4, 0.5) is 0 Å². The summed E-state index contributed by atoms with van der Waals surface area (Å²) in [4.78, 5) is 23.4. The number of fused-ring (bicyclic) bond motifs is 2. The number of rotatable bonds is 2. The lowest BCUT2D eigenvalue weighted by Crippen LogP contribution is -2.23. The summed E-state index contributed by atoms with van der Waals surface area (Å²) in [5.74, 6) is -0.185. The Bertz CT molecular complexity index is 1010. The van der Waals surface area contributed by atoms with Gasteiger partial charge in [0, 0.05) is 5.57 Å². The van der Waals surface area contributed by atoms with Crippen molar-refractivity contribution in [2.75, 3.05) is 0 Å². The number of H-pyrrole nitrogens is 1. The fraction of sp³-hybridized carbons (Fsp3) is 0.0625. The maximum Gasteiger partial charge on any atom is 0.331 e. The van der Waals surface area contributed by atoms with Crippen LogP contribution >= 0.6 is 11.3 Å². The molecule has 3 aromatic rings. The monoisotopic (exact) mass is 309 g/mol. The van der Waals surface area contributed by atoms with Crippen LogP contribution in [0.3, 0.4) is 0 Å². The van der Waals surface area contributed by atoms with Gasteiger partial charge in [0.25, 0.3) is 0 Å². The Hall–Kier alpha value is -2.73. The number of imidazole rings is 1. The highest BCUT2D eigenvalue weighted by Crippen LogP contribution is 2.26. The minimum absolute atomic E-state index is 0.355. The van der Waals surface area contributed by atoms with Crippen LogP contribution in [0.5, 0.6) is 0 Å². The number of para-hydroxylation sites is 1. The molecule has 1 aliphatic rings. The van der Waals surface area contributed by atoms with Crippen LogP contribution < -0.4 is 10.7 Å². The van der Waals surface area contributed by atoms with Crippen molar-refractivity contribution in [3.63, 3.8) is 0 Å². The van der Waals surface area contributed by atoms with Crippen LogP contribution in [0.15, 0.2) is 35.9 Å². The Morgan fingerprint density at radius 1 is 1.23 bits per heavy atom. The molecular formula is C16H11N3O2S. The maximum absolute atomic E-state index is 11.0. The van der Waals surface area contributed by atoms with Crippen molar-refractivity contribution in [1.82, 2.24) is 15.0 Å². The number of nitrogens with one attached hydrogen (secondary N) is 1. The largest absolute Gasteiger partial charge is 0.478 e. The summed E-state index contributed by atoms with van der Waals surface area (Å²) in [5.41, 5.74) is 1.31. The predicted molar refractivity (Wildman–Crippen MR) is 85.7 cm³/mol. The van der Waals surface area contributed by atoms with E-state index in [0.29, 0.717) is 17.8 Å². The molecule has 0 saturated carbocycles. The molecule has 0 aliphatic heterocycles. The fourth-order valence-corrected chi connectivity index (χ4v) is 3.29. The highest BCUT2D eigenvalue weighted by molar-refractivity contribution is 7.21. The van der Waals surface area contributed by atoms with Gasteiger partial charge < -0.3 is 10.1 Å². The van der Waals surface area contributed by atoms with Gasteiger partial charge >= 0.3 is 5.97 Å². The van der Waals surface area contributed by atoms with Gasteiger partial charge in [-0.15, -0.1) is 11.3 Å². The number of nitrogens with zero attached hydrogens (tertiary/aromatic N) is 2. The lowest BCUT2D eigenvalue weighted by atomic mass is 10.2. The number of carbonyl (C=O) groups is 1. The highest BCUT2D eigenvalue weighted by atomic mass is 32.1. The third-order valence-electron chi connectivity index (χ3n) is 3.50. The number of hydrogen-bond donors (Lipinski definition) is 2. The number of benzene rings is 1. The molecule has 0 bridgehead atoms. The van der Waals surface area contributed by atoms with Gasteiger partial charge in [-0.25, -0.2) is 14.8 Å². The SMILES string of the molecule is O=C(O)C1=CC=c2[nH]c(-c3nc4ccccc4s3)nc2=CC1. The second-order valence-electron chi connectivity index (χ2n) is 4.94. The summed E-state index contributed by atoms with van der Waals surface area (Å²) in [5, 5.41) is 11.5. The number of aromatic amines is 1. The first kappa shape index (κ1) is 13.0. The van der Waals surface area contributed by atoms with Crippen molar-refractivity contribution in [2.45, 2.75) is 6.42 Å². The molecule has 6 heteroatoms. The standard InChI is InChI=1S/C16H11N3O2S/c20-16(21)9-5-7-10-11(8-6-9)18-14(17-10)15-19-12-3-1-2-4-13(12)22-15/h1-5,7-8H,6H2,(H,17,18)(H,20,21). The number of thiazole rings is 1. The van der Waals surface area contributed by atoms with Gasteiger partial charge in [0.05, 0.1) is 20.9 Å². The number of carboxylic acids is 1. The molecule has 0 spiro atoms. The van der Waals surface area contributed by atoms with Crippen molar-refractivity contribution in [3.05, 3.63) is 46.6 Å². The van der Waals surface area contributed by atoms with E-state index < -0.39 is 5.97 Å². The van der Waals surface area contributed by atoms with Gasteiger partial charge in [0.1, 0.15) is 0 Å².